The van der Waals surface area contributed by atoms with E-state index >= 15 is 0 Å². The number of amides is 1. The molecule has 0 bridgehead atoms. The van der Waals surface area contributed by atoms with Crippen molar-refractivity contribution in [3.63, 3.8) is 0 Å². The van der Waals surface area contributed by atoms with Gasteiger partial charge in [0, 0.05) is 33.7 Å². The van der Waals surface area contributed by atoms with Gasteiger partial charge in [-0.1, -0.05) is 29.8 Å². The molecule has 1 aliphatic carbocycles. The monoisotopic (exact) mass is 447 g/mol. The number of hydrogen-bond acceptors (Lipinski definition) is 3. The Morgan fingerprint density at radius 1 is 1.03 bits per heavy atom. The summed E-state index contributed by atoms with van der Waals surface area (Å²) in [6, 6.07) is 14.5. The average Bonchev–Trinajstić information content (AvgIpc) is 2.74. The van der Waals surface area contributed by atoms with Gasteiger partial charge in [-0.3, -0.25) is 4.79 Å². The summed E-state index contributed by atoms with van der Waals surface area (Å²) in [5.41, 5.74) is 0.211. The van der Waals surface area contributed by atoms with Crippen molar-refractivity contribution in [1.29, 1.82) is 0 Å². The Kier molecular flexibility index (Phi) is 6.05. The molecule has 0 saturated heterocycles. The fourth-order valence-corrected chi connectivity index (χ4v) is 4.16. The Morgan fingerprint density at radius 2 is 1.77 bits per heavy atom. The molecule has 1 amide bonds. The van der Waals surface area contributed by atoms with Crippen LogP contribution in [0.4, 0.5) is 18.9 Å². The van der Waals surface area contributed by atoms with Gasteiger partial charge in [0.05, 0.1) is 5.52 Å². The van der Waals surface area contributed by atoms with Gasteiger partial charge < -0.3 is 10.6 Å². The summed E-state index contributed by atoms with van der Waals surface area (Å²) in [5, 5.41) is 7.26. The maximum absolute atomic E-state index is 13.4. The molecule has 0 radical (unpaired) electrons. The Morgan fingerprint density at radius 3 is 2.52 bits per heavy atom. The van der Waals surface area contributed by atoms with Gasteiger partial charge in [0.25, 0.3) is 5.91 Å². The SMILES string of the molecule is O=C(N[C@@H]1CCC[C@H](Nc2cc(C(F)(F)F)nc3ccc(Cl)cc23)C1)c1ccccc1. The highest BCUT2D eigenvalue weighted by atomic mass is 35.5. The molecule has 8 heteroatoms. The predicted octanol–water partition coefficient (Wildman–Crippen LogP) is 6.06. The third kappa shape index (κ3) is 5.10. The Hall–Kier alpha value is -2.80. The second-order valence-electron chi connectivity index (χ2n) is 7.76. The van der Waals surface area contributed by atoms with E-state index in [-0.39, 0.29) is 23.5 Å². The van der Waals surface area contributed by atoms with Gasteiger partial charge in [0.1, 0.15) is 5.69 Å². The molecule has 1 heterocycles. The molecule has 1 aromatic heterocycles. The number of anilines is 1. The number of benzene rings is 2. The topological polar surface area (TPSA) is 54.0 Å². The van der Waals surface area contributed by atoms with Gasteiger partial charge in [-0.2, -0.15) is 13.2 Å². The first-order valence-electron chi connectivity index (χ1n) is 10.1. The zero-order valence-electron chi connectivity index (χ0n) is 16.5. The highest BCUT2D eigenvalue weighted by Crippen LogP contribution is 2.35. The molecule has 162 valence electrons. The third-order valence-corrected chi connectivity index (χ3v) is 5.70. The summed E-state index contributed by atoms with van der Waals surface area (Å²) in [4.78, 5) is 16.2. The molecule has 1 aliphatic rings. The lowest BCUT2D eigenvalue weighted by molar-refractivity contribution is -0.140. The van der Waals surface area contributed by atoms with Crippen LogP contribution in [0.25, 0.3) is 10.9 Å². The van der Waals surface area contributed by atoms with Crippen LogP contribution in [-0.2, 0) is 6.18 Å². The van der Waals surface area contributed by atoms with E-state index < -0.39 is 11.9 Å². The molecule has 2 aromatic carbocycles. The number of halogens is 4. The van der Waals surface area contributed by atoms with Crippen LogP contribution in [0.5, 0.6) is 0 Å². The molecule has 0 aliphatic heterocycles. The van der Waals surface area contributed by atoms with Crippen LogP contribution in [0.2, 0.25) is 5.02 Å². The van der Waals surface area contributed by atoms with E-state index in [0.717, 1.165) is 25.3 Å². The third-order valence-electron chi connectivity index (χ3n) is 5.47. The molecule has 31 heavy (non-hydrogen) atoms. The van der Waals surface area contributed by atoms with Gasteiger partial charge >= 0.3 is 6.18 Å². The quantitative estimate of drug-likeness (QED) is 0.511. The van der Waals surface area contributed by atoms with Crippen LogP contribution >= 0.6 is 11.6 Å². The van der Waals surface area contributed by atoms with Gasteiger partial charge in [-0.25, -0.2) is 4.98 Å². The summed E-state index contributed by atoms with van der Waals surface area (Å²) in [6.45, 7) is 0. The van der Waals surface area contributed by atoms with Gasteiger partial charge in [-0.15, -0.1) is 0 Å². The van der Waals surface area contributed by atoms with Crippen molar-refractivity contribution < 1.29 is 18.0 Å². The fourth-order valence-electron chi connectivity index (χ4n) is 3.99. The lowest BCUT2D eigenvalue weighted by Crippen LogP contribution is -2.41. The van der Waals surface area contributed by atoms with Crippen molar-refractivity contribution in [2.24, 2.45) is 0 Å². The predicted molar refractivity (Wildman–Crippen MR) is 115 cm³/mol. The second-order valence-corrected chi connectivity index (χ2v) is 8.19. The summed E-state index contributed by atoms with van der Waals surface area (Å²) in [5.74, 6) is -0.147. The number of carbonyl (C=O) groups is 1. The lowest BCUT2D eigenvalue weighted by Gasteiger charge is -2.31. The van der Waals surface area contributed by atoms with E-state index in [1.165, 1.54) is 12.1 Å². The van der Waals surface area contributed by atoms with Crippen LogP contribution in [0.3, 0.4) is 0 Å². The van der Waals surface area contributed by atoms with E-state index in [1.54, 1.807) is 30.3 Å². The number of pyridine rings is 1. The van der Waals surface area contributed by atoms with Crippen molar-refractivity contribution in [3.8, 4) is 0 Å². The molecule has 1 saturated carbocycles. The van der Waals surface area contributed by atoms with E-state index in [9.17, 15) is 18.0 Å². The largest absolute Gasteiger partial charge is 0.433 e. The highest BCUT2D eigenvalue weighted by Gasteiger charge is 2.34. The lowest BCUT2D eigenvalue weighted by atomic mass is 9.90. The Labute approximate surface area is 182 Å². The number of nitrogens with zero attached hydrogens (tertiary/aromatic N) is 1. The summed E-state index contributed by atoms with van der Waals surface area (Å²) in [6.07, 6.45) is -1.46. The molecule has 3 aromatic rings. The average molecular weight is 448 g/mol. The minimum Gasteiger partial charge on any atom is -0.382 e. The van der Waals surface area contributed by atoms with E-state index in [2.05, 4.69) is 15.6 Å². The number of aromatic nitrogens is 1. The summed E-state index contributed by atoms with van der Waals surface area (Å²) < 4.78 is 40.1. The number of alkyl halides is 3. The van der Waals surface area contributed by atoms with Gasteiger partial charge in [0.15, 0.2) is 0 Å². The molecular formula is C23H21ClF3N3O. The normalized spacial score (nSPS) is 19.2. The van der Waals surface area contributed by atoms with Crippen LogP contribution < -0.4 is 10.6 Å². The first kappa shape index (κ1) is 21.4. The van der Waals surface area contributed by atoms with Crippen LogP contribution in [-0.4, -0.2) is 23.0 Å². The van der Waals surface area contributed by atoms with Crippen molar-refractivity contribution >= 4 is 34.1 Å². The first-order chi connectivity index (χ1) is 14.8. The molecular weight excluding hydrogens is 427 g/mol. The number of nitrogens with one attached hydrogen (secondary N) is 2. The van der Waals surface area contributed by atoms with Crippen molar-refractivity contribution in [1.82, 2.24) is 10.3 Å². The number of carbonyl (C=O) groups excluding carboxylic acids is 1. The second kappa shape index (κ2) is 8.75. The zero-order valence-corrected chi connectivity index (χ0v) is 17.3. The minimum atomic E-state index is -4.55. The van der Waals surface area contributed by atoms with Crippen LogP contribution in [0.15, 0.2) is 54.6 Å². The van der Waals surface area contributed by atoms with E-state index in [4.69, 9.17) is 11.6 Å². The maximum Gasteiger partial charge on any atom is 0.433 e. The van der Waals surface area contributed by atoms with Gasteiger partial charge in [-0.05, 0) is 62.1 Å². The molecule has 0 spiro atoms. The zero-order chi connectivity index (χ0) is 22.0. The van der Waals surface area contributed by atoms with Gasteiger partial charge in [0.2, 0.25) is 0 Å². The molecule has 0 unspecified atom stereocenters. The summed E-state index contributed by atoms with van der Waals surface area (Å²) >= 11 is 6.08. The summed E-state index contributed by atoms with van der Waals surface area (Å²) in [7, 11) is 0. The molecule has 2 N–H and O–H groups in total. The minimum absolute atomic E-state index is 0.0577. The number of rotatable bonds is 4. The first-order valence-corrected chi connectivity index (χ1v) is 10.5. The van der Waals surface area contributed by atoms with Crippen molar-refractivity contribution in [2.75, 3.05) is 5.32 Å². The highest BCUT2D eigenvalue weighted by molar-refractivity contribution is 6.31. The number of hydrogen-bond donors (Lipinski definition) is 2. The van der Waals surface area contributed by atoms with E-state index in [0.29, 0.717) is 28.1 Å². The van der Waals surface area contributed by atoms with Crippen molar-refractivity contribution in [2.45, 2.75) is 43.9 Å². The van der Waals surface area contributed by atoms with Crippen LogP contribution in [0, 0.1) is 0 Å². The Balaban J connectivity index is 1.54. The van der Waals surface area contributed by atoms with E-state index in [1.807, 2.05) is 6.07 Å². The smallest absolute Gasteiger partial charge is 0.382 e. The van der Waals surface area contributed by atoms with Crippen LogP contribution in [0.1, 0.15) is 41.7 Å². The molecule has 4 rings (SSSR count). The maximum atomic E-state index is 13.4. The molecule has 2 atom stereocenters. The fraction of sp³-hybridized carbons (Fsp3) is 0.304. The number of fused-ring (bicyclic) bond motifs is 1. The Bertz CT molecular complexity index is 1090. The molecule has 4 nitrogen and oxygen atoms in total. The molecule has 1 fully saturated rings. The standard InChI is InChI=1S/C23H21ClF3N3O/c24-15-9-10-19-18(11-15)20(13-21(30-19)23(25,26)27)28-16-7-4-8-17(12-16)29-22(31)14-5-2-1-3-6-14/h1-3,5-6,9-11,13,16-17H,4,7-8,12H2,(H,28,30)(H,29,31)/t16-,17+/m0/s1. The van der Waals surface area contributed by atoms with Crippen molar-refractivity contribution in [3.05, 3.63) is 70.9 Å².